The summed E-state index contributed by atoms with van der Waals surface area (Å²) >= 11 is 0. The van der Waals surface area contributed by atoms with E-state index in [1.807, 2.05) is 12.1 Å². The fraction of sp³-hybridized carbons (Fsp3) is 0.100. The van der Waals surface area contributed by atoms with Gasteiger partial charge in [0.2, 0.25) is 0 Å². The molecule has 15 heavy (non-hydrogen) atoms. The number of hydrogen-bond acceptors (Lipinski definition) is 3. The summed E-state index contributed by atoms with van der Waals surface area (Å²) in [6, 6.07) is 3.51. The number of aromatic nitrogens is 3. The Morgan fingerprint density at radius 3 is 3.07 bits per heavy atom. The molecule has 0 bridgehead atoms. The van der Waals surface area contributed by atoms with Crippen molar-refractivity contribution in [3.8, 4) is 11.3 Å². The molecule has 0 saturated heterocycles. The molecule has 5 nitrogen and oxygen atoms in total. The van der Waals surface area contributed by atoms with E-state index in [1.165, 1.54) is 10.9 Å². The maximum absolute atomic E-state index is 11.3. The minimum atomic E-state index is -0.211. The van der Waals surface area contributed by atoms with E-state index in [0.717, 1.165) is 11.3 Å². The van der Waals surface area contributed by atoms with Gasteiger partial charge < -0.3 is 5.32 Å². The van der Waals surface area contributed by atoms with Crippen LogP contribution in [0.15, 0.2) is 37.1 Å². The van der Waals surface area contributed by atoms with Gasteiger partial charge in [0.15, 0.2) is 0 Å². The van der Waals surface area contributed by atoms with Gasteiger partial charge in [0.25, 0.3) is 0 Å². The van der Waals surface area contributed by atoms with E-state index in [9.17, 15) is 4.79 Å². The van der Waals surface area contributed by atoms with E-state index in [1.54, 1.807) is 25.6 Å². The Kier molecular flexibility index (Phi) is 2.45. The Bertz CT molecular complexity index is 463. The molecule has 0 aliphatic carbocycles. The summed E-state index contributed by atoms with van der Waals surface area (Å²) in [5.74, 6) is 0. The summed E-state index contributed by atoms with van der Waals surface area (Å²) in [6.07, 6.45) is 6.53. The van der Waals surface area contributed by atoms with Crippen molar-refractivity contribution < 1.29 is 4.79 Å². The average molecular weight is 202 g/mol. The molecule has 0 fully saturated rings. The topological polar surface area (TPSA) is 59.8 Å². The fourth-order valence-electron chi connectivity index (χ4n) is 1.23. The van der Waals surface area contributed by atoms with Gasteiger partial charge in [-0.2, -0.15) is 0 Å². The van der Waals surface area contributed by atoms with Gasteiger partial charge in [0.1, 0.15) is 6.33 Å². The molecule has 1 amide bonds. The van der Waals surface area contributed by atoms with Crippen LogP contribution in [0.2, 0.25) is 0 Å². The molecule has 0 saturated carbocycles. The zero-order valence-corrected chi connectivity index (χ0v) is 8.21. The van der Waals surface area contributed by atoms with Crippen LogP contribution in [-0.2, 0) is 0 Å². The lowest BCUT2D eigenvalue weighted by Gasteiger charge is -1.97. The third-order valence-electron chi connectivity index (χ3n) is 1.99. The van der Waals surface area contributed by atoms with Gasteiger partial charge in [-0.1, -0.05) is 0 Å². The molecule has 2 heterocycles. The first-order valence-corrected chi connectivity index (χ1v) is 4.48. The van der Waals surface area contributed by atoms with Crippen molar-refractivity contribution in [3.63, 3.8) is 0 Å². The molecule has 0 atom stereocenters. The summed E-state index contributed by atoms with van der Waals surface area (Å²) in [6.45, 7) is 0. The molecule has 0 spiro atoms. The van der Waals surface area contributed by atoms with Gasteiger partial charge in [-0.3, -0.25) is 9.55 Å². The van der Waals surface area contributed by atoms with Crippen LogP contribution in [0.1, 0.15) is 0 Å². The van der Waals surface area contributed by atoms with Gasteiger partial charge in [-0.15, -0.1) is 0 Å². The number of hydrogen-bond donors (Lipinski definition) is 1. The van der Waals surface area contributed by atoms with Crippen LogP contribution in [0.5, 0.6) is 0 Å². The van der Waals surface area contributed by atoms with E-state index in [2.05, 4.69) is 15.3 Å². The second kappa shape index (κ2) is 3.91. The number of nitrogens with zero attached hydrogens (tertiary/aromatic N) is 3. The standard InChI is InChI=1S/C10H10N4O/c1-11-10(15)14-6-9(13-7-14)8-3-2-4-12-5-8/h2-7H,1H3,(H,11,15). The summed E-state index contributed by atoms with van der Waals surface area (Å²) < 4.78 is 1.39. The Morgan fingerprint density at radius 2 is 2.40 bits per heavy atom. The minimum Gasteiger partial charge on any atom is -0.340 e. The molecule has 0 aliphatic rings. The number of amides is 1. The molecule has 2 rings (SSSR count). The SMILES string of the molecule is CNC(=O)n1cnc(-c2cccnc2)c1. The number of nitrogens with one attached hydrogen (secondary N) is 1. The predicted octanol–water partition coefficient (Wildman–Crippen LogP) is 1.13. The highest BCUT2D eigenvalue weighted by Gasteiger charge is 2.05. The zero-order valence-electron chi connectivity index (χ0n) is 8.21. The number of carbonyl (C=O) groups excluding carboxylic acids is 1. The molecular weight excluding hydrogens is 192 g/mol. The van der Waals surface area contributed by atoms with Gasteiger partial charge in [-0.05, 0) is 12.1 Å². The van der Waals surface area contributed by atoms with Crippen LogP contribution in [0.4, 0.5) is 4.79 Å². The van der Waals surface area contributed by atoms with E-state index >= 15 is 0 Å². The summed E-state index contributed by atoms with van der Waals surface area (Å²) in [7, 11) is 1.58. The molecule has 0 radical (unpaired) electrons. The second-order valence-electron chi connectivity index (χ2n) is 2.96. The van der Waals surface area contributed by atoms with Crippen molar-refractivity contribution in [2.45, 2.75) is 0 Å². The molecule has 0 unspecified atom stereocenters. The normalized spacial score (nSPS) is 9.93. The number of rotatable bonds is 1. The highest BCUT2D eigenvalue weighted by Crippen LogP contribution is 2.14. The first-order valence-electron chi connectivity index (χ1n) is 4.48. The summed E-state index contributed by atoms with van der Waals surface area (Å²) in [5, 5.41) is 2.51. The third-order valence-corrected chi connectivity index (χ3v) is 1.99. The minimum absolute atomic E-state index is 0.211. The Labute approximate surface area is 86.8 Å². The van der Waals surface area contributed by atoms with Gasteiger partial charge >= 0.3 is 6.03 Å². The lowest BCUT2D eigenvalue weighted by molar-refractivity contribution is 0.244. The quantitative estimate of drug-likeness (QED) is 0.754. The predicted molar refractivity (Wildman–Crippen MR) is 55.3 cm³/mol. The zero-order chi connectivity index (χ0) is 10.7. The second-order valence-corrected chi connectivity index (χ2v) is 2.96. The van der Waals surface area contributed by atoms with Crippen LogP contribution in [0, 0.1) is 0 Å². The fourth-order valence-corrected chi connectivity index (χ4v) is 1.23. The highest BCUT2D eigenvalue weighted by molar-refractivity contribution is 5.77. The molecule has 0 aromatic carbocycles. The van der Waals surface area contributed by atoms with E-state index < -0.39 is 0 Å². The molecule has 0 aliphatic heterocycles. The van der Waals surface area contributed by atoms with Crippen molar-refractivity contribution in [2.24, 2.45) is 0 Å². The monoisotopic (exact) mass is 202 g/mol. The van der Waals surface area contributed by atoms with E-state index in [-0.39, 0.29) is 6.03 Å². The van der Waals surface area contributed by atoms with Gasteiger partial charge in [0.05, 0.1) is 5.69 Å². The van der Waals surface area contributed by atoms with Crippen molar-refractivity contribution in [1.82, 2.24) is 19.9 Å². The van der Waals surface area contributed by atoms with Crippen LogP contribution in [-0.4, -0.2) is 27.6 Å². The first-order chi connectivity index (χ1) is 7.31. The highest BCUT2D eigenvalue weighted by atomic mass is 16.2. The Hall–Kier alpha value is -2.17. The van der Waals surface area contributed by atoms with Crippen LogP contribution in [0.3, 0.4) is 0 Å². The maximum Gasteiger partial charge on any atom is 0.326 e. The summed E-state index contributed by atoms with van der Waals surface area (Å²) in [5.41, 5.74) is 1.62. The molecule has 76 valence electrons. The van der Waals surface area contributed by atoms with Crippen LogP contribution >= 0.6 is 0 Å². The Balaban J connectivity index is 2.32. The number of imidazole rings is 1. The smallest absolute Gasteiger partial charge is 0.326 e. The Morgan fingerprint density at radius 1 is 1.53 bits per heavy atom. The van der Waals surface area contributed by atoms with E-state index in [4.69, 9.17) is 0 Å². The van der Waals surface area contributed by atoms with E-state index in [0.29, 0.717) is 0 Å². The van der Waals surface area contributed by atoms with Crippen molar-refractivity contribution in [3.05, 3.63) is 37.1 Å². The molecule has 5 heteroatoms. The van der Waals surface area contributed by atoms with Crippen LogP contribution in [0.25, 0.3) is 11.3 Å². The largest absolute Gasteiger partial charge is 0.340 e. The van der Waals surface area contributed by atoms with Gasteiger partial charge in [-0.25, -0.2) is 9.78 Å². The van der Waals surface area contributed by atoms with Crippen molar-refractivity contribution in [1.29, 1.82) is 0 Å². The maximum atomic E-state index is 11.3. The molecule has 2 aromatic rings. The lowest BCUT2D eigenvalue weighted by Crippen LogP contribution is -2.22. The molecule has 1 N–H and O–H groups in total. The van der Waals surface area contributed by atoms with Crippen molar-refractivity contribution in [2.75, 3.05) is 7.05 Å². The lowest BCUT2D eigenvalue weighted by atomic mass is 10.2. The molecule has 2 aromatic heterocycles. The average Bonchev–Trinajstić information content (AvgIpc) is 2.78. The number of carbonyl (C=O) groups is 1. The third kappa shape index (κ3) is 1.85. The first kappa shape index (κ1) is 9.39. The summed E-state index contributed by atoms with van der Waals surface area (Å²) in [4.78, 5) is 19.4. The van der Waals surface area contributed by atoms with Gasteiger partial charge in [0, 0.05) is 31.2 Å². The van der Waals surface area contributed by atoms with Crippen molar-refractivity contribution >= 4 is 6.03 Å². The number of pyridine rings is 1. The van der Waals surface area contributed by atoms with Crippen LogP contribution < -0.4 is 5.32 Å². The molecular formula is C10H10N4O.